The number of hydrogen-bond acceptors (Lipinski definition) is 5. The van der Waals surface area contributed by atoms with Crippen LogP contribution in [0.25, 0.3) is 0 Å². The average molecular weight is 367 g/mol. The highest BCUT2D eigenvalue weighted by Gasteiger charge is 2.30. The van der Waals surface area contributed by atoms with Crippen molar-refractivity contribution >= 4 is 23.1 Å². The fourth-order valence-electron chi connectivity index (χ4n) is 2.05. The van der Waals surface area contributed by atoms with E-state index in [9.17, 15) is 22.0 Å². The summed E-state index contributed by atoms with van der Waals surface area (Å²) in [6.45, 7) is 0. The van der Waals surface area contributed by atoms with E-state index in [2.05, 4.69) is 25.8 Å². The Hall–Kier alpha value is -3.30. The molecule has 0 spiro atoms. The van der Waals surface area contributed by atoms with Crippen LogP contribution in [0, 0.1) is 11.6 Å². The normalized spacial score (nSPS) is 11.3. The summed E-state index contributed by atoms with van der Waals surface area (Å²) in [4.78, 5) is 3.98. The van der Waals surface area contributed by atoms with Gasteiger partial charge in [-0.05, 0) is 30.3 Å². The van der Waals surface area contributed by atoms with Crippen molar-refractivity contribution in [2.24, 2.45) is 0 Å². The Morgan fingerprint density at radius 3 is 2.46 bits per heavy atom. The predicted molar refractivity (Wildman–Crippen MR) is 84.2 cm³/mol. The molecule has 0 atom stereocenters. The van der Waals surface area contributed by atoms with Gasteiger partial charge in [-0.2, -0.15) is 23.3 Å². The Morgan fingerprint density at radius 2 is 1.73 bits per heavy atom. The molecule has 0 amide bonds. The number of hydrogen-bond donors (Lipinski definition) is 2. The number of nitrogens with zero attached hydrogens (tertiary/aromatic N) is 3. The minimum absolute atomic E-state index is 0.0445. The Bertz CT molecular complexity index is 929. The molecule has 0 radical (unpaired) electrons. The van der Waals surface area contributed by atoms with Gasteiger partial charge in [0, 0.05) is 11.8 Å². The van der Waals surface area contributed by atoms with Gasteiger partial charge in [0.2, 0.25) is 5.95 Å². The first-order valence-corrected chi connectivity index (χ1v) is 7.17. The van der Waals surface area contributed by atoms with E-state index in [1.54, 1.807) is 0 Å². The van der Waals surface area contributed by atoms with Gasteiger partial charge in [-0.1, -0.05) is 6.07 Å². The van der Waals surface area contributed by atoms with Crippen LogP contribution in [0.1, 0.15) is 5.56 Å². The average Bonchev–Trinajstić information content (AvgIpc) is 2.57. The first-order valence-electron chi connectivity index (χ1n) is 7.17. The van der Waals surface area contributed by atoms with Gasteiger partial charge in [-0.25, -0.2) is 8.78 Å². The van der Waals surface area contributed by atoms with Gasteiger partial charge in [0.25, 0.3) is 0 Å². The summed E-state index contributed by atoms with van der Waals surface area (Å²) in [5.74, 6) is -1.60. The number of nitrogens with one attached hydrogen (secondary N) is 2. The maximum absolute atomic E-state index is 13.7. The third-order valence-corrected chi connectivity index (χ3v) is 3.20. The zero-order chi connectivity index (χ0) is 18.7. The van der Waals surface area contributed by atoms with Crippen LogP contribution in [0.5, 0.6) is 0 Å². The number of anilines is 4. The Kier molecular flexibility index (Phi) is 4.65. The molecule has 0 aliphatic carbocycles. The van der Waals surface area contributed by atoms with E-state index < -0.39 is 23.4 Å². The van der Waals surface area contributed by atoms with Crippen molar-refractivity contribution in [3.05, 3.63) is 65.9 Å². The van der Waals surface area contributed by atoms with Crippen LogP contribution in [0.4, 0.5) is 45.1 Å². The van der Waals surface area contributed by atoms with E-state index in [0.29, 0.717) is 6.07 Å². The second-order valence-corrected chi connectivity index (χ2v) is 5.12. The third-order valence-electron chi connectivity index (χ3n) is 3.20. The molecule has 0 bridgehead atoms. The molecule has 0 aliphatic rings. The topological polar surface area (TPSA) is 62.7 Å². The monoisotopic (exact) mass is 367 g/mol. The quantitative estimate of drug-likeness (QED) is 0.657. The maximum atomic E-state index is 13.7. The van der Waals surface area contributed by atoms with Gasteiger partial charge < -0.3 is 10.6 Å². The van der Waals surface area contributed by atoms with Gasteiger partial charge in [-0.3, -0.25) is 0 Å². The van der Waals surface area contributed by atoms with Crippen molar-refractivity contribution < 1.29 is 22.0 Å². The molecule has 26 heavy (non-hydrogen) atoms. The zero-order valence-corrected chi connectivity index (χ0v) is 12.9. The molecule has 3 aromatic rings. The van der Waals surface area contributed by atoms with E-state index in [4.69, 9.17) is 0 Å². The van der Waals surface area contributed by atoms with Crippen molar-refractivity contribution in [3.8, 4) is 0 Å². The summed E-state index contributed by atoms with van der Waals surface area (Å²) in [7, 11) is 0. The molecule has 1 heterocycles. The van der Waals surface area contributed by atoms with E-state index >= 15 is 0 Å². The van der Waals surface area contributed by atoms with E-state index in [1.807, 2.05) is 0 Å². The van der Waals surface area contributed by atoms with Crippen molar-refractivity contribution in [2.75, 3.05) is 10.6 Å². The second-order valence-electron chi connectivity index (χ2n) is 5.12. The predicted octanol–water partition coefficient (Wildman–Crippen LogP) is 4.66. The summed E-state index contributed by atoms with van der Waals surface area (Å²) in [6.07, 6.45) is -3.31. The molecule has 10 heteroatoms. The summed E-state index contributed by atoms with van der Waals surface area (Å²) in [5, 5.41) is 12.5. The summed E-state index contributed by atoms with van der Waals surface area (Å²) < 4.78 is 64.8. The largest absolute Gasteiger partial charge is 0.416 e. The lowest BCUT2D eigenvalue weighted by atomic mass is 10.2. The van der Waals surface area contributed by atoms with Crippen molar-refractivity contribution in [3.63, 3.8) is 0 Å². The second kappa shape index (κ2) is 6.90. The fraction of sp³-hybridized carbons (Fsp3) is 0.0625. The van der Waals surface area contributed by atoms with Crippen LogP contribution in [-0.4, -0.2) is 15.2 Å². The van der Waals surface area contributed by atoms with Crippen LogP contribution in [0.15, 0.2) is 48.7 Å². The van der Waals surface area contributed by atoms with Crippen molar-refractivity contribution in [1.29, 1.82) is 0 Å². The highest BCUT2D eigenvalue weighted by Crippen LogP contribution is 2.31. The molecule has 0 saturated heterocycles. The molecule has 0 unspecified atom stereocenters. The van der Waals surface area contributed by atoms with Crippen LogP contribution < -0.4 is 10.6 Å². The van der Waals surface area contributed by atoms with Crippen LogP contribution in [0.3, 0.4) is 0 Å². The lowest BCUT2D eigenvalue weighted by molar-refractivity contribution is -0.137. The van der Waals surface area contributed by atoms with Gasteiger partial charge >= 0.3 is 6.18 Å². The molecule has 0 saturated carbocycles. The Labute approximate surface area is 143 Å². The number of halogens is 5. The van der Waals surface area contributed by atoms with E-state index in [-0.39, 0.29) is 23.1 Å². The first-order chi connectivity index (χ1) is 12.3. The first kappa shape index (κ1) is 17.5. The van der Waals surface area contributed by atoms with Crippen LogP contribution >= 0.6 is 0 Å². The number of rotatable bonds is 4. The molecule has 3 rings (SSSR count). The lowest BCUT2D eigenvalue weighted by Crippen LogP contribution is -2.06. The molecule has 0 fully saturated rings. The summed E-state index contributed by atoms with van der Waals surface area (Å²) >= 11 is 0. The van der Waals surface area contributed by atoms with Gasteiger partial charge in [0.05, 0.1) is 17.4 Å². The van der Waals surface area contributed by atoms with Gasteiger partial charge in [-0.15, -0.1) is 5.10 Å². The van der Waals surface area contributed by atoms with E-state index in [1.165, 1.54) is 24.4 Å². The molecular weight excluding hydrogens is 357 g/mol. The van der Waals surface area contributed by atoms with Crippen molar-refractivity contribution in [2.45, 2.75) is 6.18 Å². The number of benzene rings is 2. The zero-order valence-electron chi connectivity index (χ0n) is 12.9. The number of alkyl halides is 3. The van der Waals surface area contributed by atoms with E-state index in [0.717, 1.165) is 18.2 Å². The smallest absolute Gasteiger partial charge is 0.336 e. The molecule has 0 aliphatic heterocycles. The van der Waals surface area contributed by atoms with Gasteiger partial charge in [0.1, 0.15) is 11.6 Å². The SMILES string of the molecule is Fc1ccc(Nc2cnnc(Nc3cccc(C(F)(F)F)c3)n2)c(F)c1. The molecular formula is C16H10F5N5. The fourth-order valence-corrected chi connectivity index (χ4v) is 2.05. The molecule has 5 nitrogen and oxygen atoms in total. The Balaban J connectivity index is 1.79. The number of aromatic nitrogens is 3. The van der Waals surface area contributed by atoms with Gasteiger partial charge in [0.15, 0.2) is 5.82 Å². The van der Waals surface area contributed by atoms with Crippen LogP contribution in [0.2, 0.25) is 0 Å². The third kappa shape index (κ3) is 4.21. The molecule has 2 aromatic carbocycles. The molecule has 2 N–H and O–H groups in total. The molecule has 134 valence electrons. The minimum Gasteiger partial charge on any atom is -0.336 e. The maximum Gasteiger partial charge on any atom is 0.416 e. The standard InChI is InChI=1S/C16H10F5N5/c17-10-4-5-13(12(18)7-10)24-14-8-22-26-15(25-14)23-11-3-1-2-9(6-11)16(19,20)21/h1-8H,(H2,23,24,25,26). The summed E-state index contributed by atoms with van der Waals surface area (Å²) in [6, 6.07) is 7.38. The minimum atomic E-state index is -4.49. The molecule has 1 aromatic heterocycles. The highest BCUT2D eigenvalue weighted by molar-refractivity contribution is 5.59. The summed E-state index contributed by atoms with van der Waals surface area (Å²) in [5.41, 5.74) is -0.776. The van der Waals surface area contributed by atoms with Crippen LogP contribution in [-0.2, 0) is 6.18 Å². The lowest BCUT2D eigenvalue weighted by Gasteiger charge is -2.10. The highest BCUT2D eigenvalue weighted by atomic mass is 19.4. The van der Waals surface area contributed by atoms with Crippen molar-refractivity contribution in [1.82, 2.24) is 15.2 Å². The Morgan fingerprint density at radius 1 is 0.923 bits per heavy atom.